The van der Waals surface area contributed by atoms with Crippen molar-refractivity contribution in [3.8, 4) is 0 Å². The maximum atomic E-state index is 3.22. The minimum atomic E-state index is 0.222. The van der Waals surface area contributed by atoms with Gasteiger partial charge in [-0.25, -0.2) is 0 Å². The van der Waals surface area contributed by atoms with E-state index in [0.717, 1.165) is 6.42 Å². The lowest BCUT2D eigenvalue weighted by atomic mass is 9.87. The monoisotopic (exact) mass is 203 g/mol. The fourth-order valence-corrected chi connectivity index (χ4v) is 1.53. The average molecular weight is 203 g/mol. The van der Waals surface area contributed by atoms with E-state index in [9.17, 15) is 0 Å². The molecule has 1 aromatic heterocycles. The fourth-order valence-electron chi connectivity index (χ4n) is 1.53. The van der Waals surface area contributed by atoms with Gasteiger partial charge >= 0.3 is 0 Å². The predicted molar refractivity (Wildman–Crippen MR) is 68.6 cm³/mol. The van der Waals surface area contributed by atoms with Crippen LogP contribution in [0.5, 0.6) is 0 Å². The van der Waals surface area contributed by atoms with E-state index in [1.807, 2.05) is 20.0 Å². The summed E-state index contributed by atoms with van der Waals surface area (Å²) in [6.07, 6.45) is 12.1. The second-order valence-electron chi connectivity index (χ2n) is 3.87. The smallest absolute Gasteiger partial charge is 0.0450 e. The quantitative estimate of drug-likeness (QED) is 0.691. The maximum Gasteiger partial charge on any atom is 0.0450 e. The Balaban J connectivity index is 0.000000531. The molecular formula is C14H21N. The van der Waals surface area contributed by atoms with Crippen LogP contribution >= 0.6 is 0 Å². The molecule has 1 heteroatoms. The van der Waals surface area contributed by atoms with Crippen LogP contribution in [0, 0.1) is 5.41 Å². The maximum absolute atomic E-state index is 3.22. The number of aromatic amines is 1. The van der Waals surface area contributed by atoms with Crippen LogP contribution in [-0.2, 0) is 0 Å². The summed E-state index contributed by atoms with van der Waals surface area (Å²) in [7, 11) is 0. The molecule has 1 heterocycles. The second kappa shape index (κ2) is 5.01. The standard InChI is InChI=1S/C12H15N.C2H6/c1-3-12(2)7-4-10-6-9-13-11(10)5-8-12;1-2/h4-9,13H,3H2,1-2H3;1-2H3. The topological polar surface area (TPSA) is 15.8 Å². The van der Waals surface area contributed by atoms with Crippen molar-refractivity contribution < 1.29 is 0 Å². The third-order valence-electron chi connectivity index (χ3n) is 2.85. The SMILES string of the molecule is CC.CCC1(C)C=Cc2cc[nH]c2C=C1. The molecule has 0 spiro atoms. The molecule has 1 N–H and O–H groups in total. The van der Waals surface area contributed by atoms with Crippen molar-refractivity contribution in [2.24, 2.45) is 5.41 Å². The molecule has 2 rings (SSSR count). The Morgan fingerprint density at radius 3 is 2.53 bits per heavy atom. The lowest BCUT2D eigenvalue weighted by Crippen LogP contribution is -2.05. The normalized spacial score (nSPS) is 22.7. The van der Waals surface area contributed by atoms with Crippen LogP contribution in [-0.4, -0.2) is 4.98 Å². The molecule has 1 atom stereocenters. The van der Waals surface area contributed by atoms with Crippen LogP contribution in [0.1, 0.15) is 45.4 Å². The van der Waals surface area contributed by atoms with E-state index in [0.29, 0.717) is 0 Å². The first kappa shape index (κ1) is 11.8. The third kappa shape index (κ3) is 2.62. The lowest BCUT2D eigenvalue weighted by Gasteiger charge is -2.17. The summed E-state index contributed by atoms with van der Waals surface area (Å²) in [5, 5.41) is 0. The first-order valence-electron chi connectivity index (χ1n) is 5.79. The number of rotatable bonds is 1. The van der Waals surface area contributed by atoms with E-state index < -0.39 is 0 Å². The highest BCUT2D eigenvalue weighted by Gasteiger charge is 2.16. The number of fused-ring (bicyclic) bond motifs is 1. The fraction of sp³-hybridized carbons (Fsp3) is 0.429. The molecule has 0 saturated heterocycles. The van der Waals surface area contributed by atoms with Crippen molar-refractivity contribution in [1.82, 2.24) is 4.98 Å². The molecule has 1 aliphatic rings. The molecule has 1 unspecified atom stereocenters. The summed E-state index contributed by atoms with van der Waals surface area (Å²) in [6, 6.07) is 2.11. The van der Waals surface area contributed by atoms with Gasteiger partial charge in [-0.05, 0) is 24.1 Å². The number of hydrogen-bond donors (Lipinski definition) is 1. The Morgan fingerprint density at radius 2 is 1.87 bits per heavy atom. The van der Waals surface area contributed by atoms with Crippen LogP contribution in [0.3, 0.4) is 0 Å². The number of allylic oxidation sites excluding steroid dienone is 2. The molecule has 0 aromatic carbocycles. The molecule has 0 fully saturated rings. The predicted octanol–water partition coefficient (Wildman–Crippen LogP) is 4.50. The van der Waals surface area contributed by atoms with Gasteiger partial charge in [0.05, 0.1) is 0 Å². The molecule has 1 aliphatic carbocycles. The number of hydrogen-bond acceptors (Lipinski definition) is 0. The zero-order valence-corrected chi connectivity index (χ0v) is 10.2. The van der Waals surface area contributed by atoms with Gasteiger partial charge in [-0.15, -0.1) is 0 Å². The average Bonchev–Trinajstić information content (AvgIpc) is 2.68. The Morgan fingerprint density at radius 1 is 1.20 bits per heavy atom. The van der Waals surface area contributed by atoms with Gasteiger partial charge in [-0.2, -0.15) is 0 Å². The van der Waals surface area contributed by atoms with Crippen LogP contribution in [0.25, 0.3) is 12.2 Å². The van der Waals surface area contributed by atoms with Crippen LogP contribution in [0.15, 0.2) is 24.4 Å². The molecule has 0 radical (unpaired) electrons. The van der Waals surface area contributed by atoms with Gasteiger partial charge in [0.15, 0.2) is 0 Å². The minimum Gasteiger partial charge on any atom is -0.361 e. The lowest BCUT2D eigenvalue weighted by molar-refractivity contribution is 0.536. The van der Waals surface area contributed by atoms with Gasteiger partial charge in [-0.1, -0.05) is 45.9 Å². The molecule has 1 nitrogen and oxygen atoms in total. The second-order valence-corrected chi connectivity index (χ2v) is 3.87. The summed E-state index contributed by atoms with van der Waals surface area (Å²) in [6.45, 7) is 8.47. The minimum absolute atomic E-state index is 0.222. The van der Waals surface area contributed by atoms with Gasteiger partial charge in [0.2, 0.25) is 0 Å². The third-order valence-corrected chi connectivity index (χ3v) is 2.85. The van der Waals surface area contributed by atoms with Crippen LogP contribution in [0.4, 0.5) is 0 Å². The van der Waals surface area contributed by atoms with Crippen molar-refractivity contribution in [3.05, 3.63) is 35.7 Å². The highest BCUT2D eigenvalue weighted by Crippen LogP contribution is 2.30. The van der Waals surface area contributed by atoms with E-state index in [1.165, 1.54) is 11.3 Å². The molecule has 0 bridgehead atoms. The van der Waals surface area contributed by atoms with E-state index in [-0.39, 0.29) is 5.41 Å². The van der Waals surface area contributed by atoms with Gasteiger partial charge < -0.3 is 4.98 Å². The number of H-pyrrole nitrogens is 1. The summed E-state index contributed by atoms with van der Waals surface area (Å²) in [5.74, 6) is 0. The van der Waals surface area contributed by atoms with Crippen molar-refractivity contribution in [2.45, 2.75) is 34.1 Å². The zero-order chi connectivity index (χ0) is 11.3. The summed E-state index contributed by atoms with van der Waals surface area (Å²) >= 11 is 0. The molecule has 1 aromatic rings. The Kier molecular flexibility index (Phi) is 3.96. The van der Waals surface area contributed by atoms with Crippen LogP contribution in [0.2, 0.25) is 0 Å². The molecular weight excluding hydrogens is 182 g/mol. The Hall–Kier alpha value is -1.24. The van der Waals surface area contributed by atoms with Crippen molar-refractivity contribution >= 4 is 12.2 Å². The van der Waals surface area contributed by atoms with Gasteiger partial charge in [0.25, 0.3) is 0 Å². The first-order chi connectivity index (χ1) is 7.23. The van der Waals surface area contributed by atoms with Gasteiger partial charge in [-0.3, -0.25) is 0 Å². The molecule has 0 saturated carbocycles. The van der Waals surface area contributed by atoms with Crippen LogP contribution < -0.4 is 0 Å². The molecule has 0 amide bonds. The highest BCUT2D eigenvalue weighted by atomic mass is 14.7. The van der Waals surface area contributed by atoms with E-state index >= 15 is 0 Å². The Bertz CT molecular complexity index is 327. The zero-order valence-electron chi connectivity index (χ0n) is 10.2. The van der Waals surface area contributed by atoms with Crippen molar-refractivity contribution in [3.63, 3.8) is 0 Å². The Labute approximate surface area is 92.9 Å². The largest absolute Gasteiger partial charge is 0.361 e. The number of nitrogens with one attached hydrogen (secondary N) is 1. The van der Waals surface area contributed by atoms with Gasteiger partial charge in [0, 0.05) is 17.3 Å². The molecule has 82 valence electrons. The molecule has 15 heavy (non-hydrogen) atoms. The van der Waals surface area contributed by atoms with E-state index in [1.54, 1.807) is 0 Å². The summed E-state index contributed by atoms with van der Waals surface area (Å²) in [4.78, 5) is 3.22. The summed E-state index contributed by atoms with van der Waals surface area (Å²) < 4.78 is 0. The summed E-state index contributed by atoms with van der Waals surface area (Å²) in [5.41, 5.74) is 2.72. The van der Waals surface area contributed by atoms with E-state index in [2.05, 4.69) is 49.2 Å². The van der Waals surface area contributed by atoms with Crippen molar-refractivity contribution in [2.75, 3.05) is 0 Å². The van der Waals surface area contributed by atoms with Gasteiger partial charge in [0.1, 0.15) is 0 Å². The number of aromatic nitrogens is 1. The van der Waals surface area contributed by atoms with E-state index in [4.69, 9.17) is 0 Å². The van der Waals surface area contributed by atoms with Crippen molar-refractivity contribution in [1.29, 1.82) is 0 Å². The first-order valence-corrected chi connectivity index (χ1v) is 5.79. The highest BCUT2D eigenvalue weighted by molar-refractivity contribution is 5.66. The molecule has 0 aliphatic heterocycles.